The molecule has 0 bridgehead atoms. The lowest BCUT2D eigenvalue weighted by molar-refractivity contribution is -0.111. The largest absolute Gasteiger partial charge is 0.490 e. The van der Waals surface area contributed by atoms with Gasteiger partial charge in [-0.15, -0.1) is 0 Å². The zero-order valence-corrected chi connectivity index (χ0v) is 23.6. The number of anilines is 4. The van der Waals surface area contributed by atoms with Crippen LogP contribution in [-0.4, -0.2) is 65.2 Å². The molecular weight excluding hydrogens is 526 g/mol. The monoisotopic (exact) mass is 557 g/mol. The molecule has 4 aromatic rings. The molecule has 2 aromatic carbocycles. The predicted octanol–water partition coefficient (Wildman–Crippen LogP) is 5.46. The molecule has 0 aliphatic carbocycles. The van der Waals surface area contributed by atoms with Gasteiger partial charge >= 0.3 is 0 Å². The molecule has 0 spiro atoms. The van der Waals surface area contributed by atoms with Crippen molar-refractivity contribution >= 4 is 51.4 Å². The molecule has 10 heteroatoms. The number of nitrogens with one attached hydrogen (secondary N) is 2. The average molecular weight is 558 g/mol. The van der Waals surface area contributed by atoms with Crippen LogP contribution >= 0.6 is 11.6 Å². The van der Waals surface area contributed by atoms with E-state index in [1.807, 2.05) is 25.1 Å². The summed E-state index contributed by atoms with van der Waals surface area (Å²) in [7, 11) is 4.21. The highest BCUT2D eigenvalue weighted by atomic mass is 35.5. The van der Waals surface area contributed by atoms with Crippen molar-refractivity contribution in [3.63, 3.8) is 0 Å². The molecule has 206 valence electrons. The number of rotatable bonds is 7. The molecule has 9 nitrogen and oxygen atoms in total. The van der Waals surface area contributed by atoms with Crippen LogP contribution in [0.1, 0.15) is 12.0 Å². The summed E-state index contributed by atoms with van der Waals surface area (Å²) in [6.45, 7) is 9.05. The van der Waals surface area contributed by atoms with E-state index in [1.165, 1.54) is 6.08 Å². The van der Waals surface area contributed by atoms with Crippen LogP contribution in [0.2, 0.25) is 5.02 Å². The van der Waals surface area contributed by atoms with E-state index >= 15 is 0 Å². The van der Waals surface area contributed by atoms with Crippen LogP contribution in [0.4, 0.5) is 23.0 Å². The van der Waals surface area contributed by atoms with E-state index in [9.17, 15) is 4.79 Å². The third-order valence-electron chi connectivity index (χ3n) is 7.78. The minimum atomic E-state index is -0.268. The number of likely N-dealkylation sites (N-methyl/N-ethyl adjacent to an activating group) is 2. The molecule has 1 unspecified atom stereocenters. The van der Waals surface area contributed by atoms with Crippen molar-refractivity contribution in [1.29, 1.82) is 0 Å². The molecule has 0 radical (unpaired) electrons. The summed E-state index contributed by atoms with van der Waals surface area (Å²) in [4.78, 5) is 26.2. The summed E-state index contributed by atoms with van der Waals surface area (Å²) in [6.07, 6.45) is 6.03. The van der Waals surface area contributed by atoms with Gasteiger partial charge in [-0.25, -0.2) is 9.97 Å². The number of nitrogens with zero attached hydrogens (tertiary/aromatic N) is 5. The molecule has 2 aliphatic rings. The fourth-order valence-corrected chi connectivity index (χ4v) is 5.82. The van der Waals surface area contributed by atoms with Crippen molar-refractivity contribution in [2.45, 2.75) is 25.9 Å². The van der Waals surface area contributed by atoms with Crippen LogP contribution in [0.3, 0.4) is 0 Å². The Morgan fingerprint density at radius 2 is 2.12 bits per heavy atom. The summed E-state index contributed by atoms with van der Waals surface area (Å²) in [6, 6.07) is 10.4. The van der Waals surface area contributed by atoms with Gasteiger partial charge in [0.05, 0.1) is 40.3 Å². The van der Waals surface area contributed by atoms with Gasteiger partial charge in [-0.3, -0.25) is 4.79 Å². The Labute approximate surface area is 238 Å². The third-order valence-corrected chi connectivity index (χ3v) is 8.05. The number of aryl methyl sites for hydroxylation is 1. The highest BCUT2D eigenvalue weighted by Crippen LogP contribution is 2.40. The maximum absolute atomic E-state index is 12.4. The third kappa shape index (κ3) is 4.76. The van der Waals surface area contributed by atoms with Gasteiger partial charge in [0.15, 0.2) is 0 Å². The second kappa shape index (κ2) is 10.5. The molecule has 1 atom stereocenters. The number of benzene rings is 2. The number of amides is 1. The van der Waals surface area contributed by atoms with Crippen LogP contribution in [0, 0.1) is 6.92 Å². The number of hydrogen-bond donors (Lipinski definition) is 2. The first-order chi connectivity index (χ1) is 19.3. The van der Waals surface area contributed by atoms with Gasteiger partial charge in [0, 0.05) is 42.5 Å². The number of carbonyl (C=O) groups is 1. The van der Waals surface area contributed by atoms with E-state index in [-0.39, 0.29) is 5.91 Å². The van der Waals surface area contributed by atoms with Crippen LogP contribution in [0.25, 0.3) is 22.2 Å². The molecular formula is C30H32ClN7O2. The normalized spacial score (nSPS) is 16.6. The van der Waals surface area contributed by atoms with Gasteiger partial charge < -0.3 is 29.7 Å². The molecule has 40 heavy (non-hydrogen) atoms. The number of halogens is 1. The van der Waals surface area contributed by atoms with E-state index in [0.717, 1.165) is 65.2 Å². The average Bonchev–Trinajstić information content (AvgIpc) is 3.56. The highest BCUT2D eigenvalue weighted by Gasteiger charge is 2.26. The van der Waals surface area contributed by atoms with Gasteiger partial charge in [-0.1, -0.05) is 30.3 Å². The van der Waals surface area contributed by atoms with Crippen LogP contribution in [0.15, 0.2) is 55.4 Å². The molecule has 6 rings (SSSR count). The lowest BCUT2D eigenvalue weighted by Gasteiger charge is -2.29. The smallest absolute Gasteiger partial charge is 0.247 e. The quantitative estimate of drug-likeness (QED) is 0.292. The van der Waals surface area contributed by atoms with Crippen LogP contribution < -0.4 is 20.3 Å². The lowest BCUT2D eigenvalue weighted by Crippen LogP contribution is -2.34. The standard InChI is InChI=1S/C30H32ClN7O2/c1-5-27(39)33-24-14-23(18(2)13-25(24)37(4)19-9-10-36(3)16-19)34-30-32-15-22(31)28(35-30)21-17-38-11-12-40-26-8-6-7-20(21)29(26)38/h5-8,13-15,17,19H,1,9-12,16H2,2-4H3,(H,33,39)(H,32,34,35). The van der Waals surface area contributed by atoms with Crippen molar-refractivity contribution in [2.75, 3.05) is 49.3 Å². The van der Waals surface area contributed by atoms with E-state index in [1.54, 1.807) is 6.20 Å². The molecule has 1 amide bonds. The highest BCUT2D eigenvalue weighted by molar-refractivity contribution is 6.33. The molecule has 0 saturated carbocycles. The number of carbonyl (C=O) groups excluding carboxylic acids is 1. The first-order valence-electron chi connectivity index (χ1n) is 13.4. The van der Waals surface area contributed by atoms with E-state index in [4.69, 9.17) is 21.3 Å². The Kier molecular flexibility index (Phi) is 6.85. The summed E-state index contributed by atoms with van der Waals surface area (Å²) < 4.78 is 8.05. The Bertz CT molecular complexity index is 1630. The maximum atomic E-state index is 12.4. The fourth-order valence-electron chi connectivity index (χ4n) is 5.63. The van der Waals surface area contributed by atoms with Crippen molar-refractivity contribution in [1.82, 2.24) is 19.4 Å². The molecule has 1 fully saturated rings. The zero-order valence-electron chi connectivity index (χ0n) is 22.9. The molecule has 1 saturated heterocycles. The minimum absolute atomic E-state index is 0.268. The fraction of sp³-hybridized carbons (Fsp3) is 0.300. The Balaban J connectivity index is 1.36. The lowest BCUT2D eigenvalue weighted by atomic mass is 10.1. The molecule has 2 aliphatic heterocycles. The summed E-state index contributed by atoms with van der Waals surface area (Å²) in [5.41, 5.74) is 6.03. The number of para-hydroxylation sites is 1. The zero-order chi connectivity index (χ0) is 28.0. The summed E-state index contributed by atoms with van der Waals surface area (Å²) in [5, 5.41) is 7.84. The predicted molar refractivity (Wildman–Crippen MR) is 161 cm³/mol. The van der Waals surface area contributed by atoms with Crippen LogP contribution in [0.5, 0.6) is 5.75 Å². The molecule has 4 heterocycles. The van der Waals surface area contributed by atoms with Crippen molar-refractivity contribution < 1.29 is 9.53 Å². The van der Waals surface area contributed by atoms with Crippen molar-refractivity contribution in [3.8, 4) is 17.0 Å². The van der Waals surface area contributed by atoms with Gasteiger partial charge in [0.25, 0.3) is 0 Å². The first-order valence-corrected chi connectivity index (χ1v) is 13.7. The van der Waals surface area contributed by atoms with Gasteiger partial charge in [0.2, 0.25) is 11.9 Å². The Morgan fingerprint density at radius 3 is 2.90 bits per heavy atom. The van der Waals surface area contributed by atoms with E-state index in [2.05, 4.69) is 69.0 Å². The van der Waals surface area contributed by atoms with Crippen LogP contribution in [-0.2, 0) is 11.3 Å². The van der Waals surface area contributed by atoms with Crippen molar-refractivity contribution in [3.05, 3.63) is 66.0 Å². The first kappa shape index (κ1) is 26.2. The minimum Gasteiger partial charge on any atom is -0.490 e. The maximum Gasteiger partial charge on any atom is 0.247 e. The number of hydrogen-bond acceptors (Lipinski definition) is 7. The summed E-state index contributed by atoms with van der Waals surface area (Å²) in [5.74, 6) is 0.998. The van der Waals surface area contributed by atoms with Gasteiger partial charge in [-0.2, -0.15) is 0 Å². The van der Waals surface area contributed by atoms with Crippen molar-refractivity contribution in [2.24, 2.45) is 0 Å². The van der Waals surface area contributed by atoms with Gasteiger partial charge in [0.1, 0.15) is 12.4 Å². The summed E-state index contributed by atoms with van der Waals surface area (Å²) >= 11 is 6.64. The van der Waals surface area contributed by atoms with Gasteiger partial charge in [-0.05, 0) is 56.8 Å². The molecule has 2 aromatic heterocycles. The number of aromatic nitrogens is 3. The Morgan fingerprint density at radius 1 is 1.27 bits per heavy atom. The van der Waals surface area contributed by atoms with E-state index in [0.29, 0.717) is 35.0 Å². The number of likely N-dealkylation sites (tertiary alicyclic amines) is 1. The molecule has 2 N–H and O–H groups in total. The second-order valence-corrected chi connectivity index (χ2v) is 10.9. The topological polar surface area (TPSA) is 87.5 Å². The van der Waals surface area contributed by atoms with E-state index < -0.39 is 0 Å². The number of ether oxygens (including phenoxy) is 1. The Hall–Kier alpha value is -4.08. The second-order valence-electron chi connectivity index (χ2n) is 10.4. The SMILES string of the molecule is C=CC(=O)Nc1cc(Nc2ncc(Cl)c(-c3cn4c5c(cccc35)OCC4)n2)c(C)cc1N(C)C1CCN(C)C1.